The van der Waals surface area contributed by atoms with E-state index in [1.54, 1.807) is 0 Å². The van der Waals surface area contributed by atoms with Crippen molar-refractivity contribution in [1.29, 1.82) is 0 Å². The van der Waals surface area contributed by atoms with Crippen LogP contribution in [0.4, 0.5) is 10.5 Å². The molecule has 1 saturated heterocycles. The molecule has 1 unspecified atom stereocenters. The summed E-state index contributed by atoms with van der Waals surface area (Å²) >= 11 is 0. The maximum atomic E-state index is 13.4. The molecule has 0 bridgehead atoms. The SMILES string of the molecule is C=C1C[C@H]2C(O)N(C(=O)OCC3(SSCC(=O)O)CCC3)c3cc(CO)c(CO)cc3C(=O)N2C1. The number of aliphatic carboxylic acids is 1. The topological polar surface area (TPSA) is 148 Å². The lowest BCUT2D eigenvalue weighted by molar-refractivity contribution is -0.133. The zero-order valence-corrected chi connectivity index (χ0v) is 20.6. The quantitative estimate of drug-likeness (QED) is 0.294. The minimum Gasteiger partial charge on any atom is -0.481 e. The predicted octanol–water partition coefficient (Wildman–Crippen LogP) is 2.11. The first-order chi connectivity index (χ1) is 16.7. The summed E-state index contributed by atoms with van der Waals surface area (Å²) in [5, 5.41) is 39.7. The third kappa shape index (κ3) is 5.03. The van der Waals surface area contributed by atoms with Gasteiger partial charge in [0.25, 0.3) is 5.91 Å². The van der Waals surface area contributed by atoms with Gasteiger partial charge in [-0.3, -0.25) is 9.59 Å². The Hall–Kier alpha value is -2.25. The highest BCUT2D eigenvalue weighted by Gasteiger charge is 2.47. The van der Waals surface area contributed by atoms with Crippen LogP contribution in [0.5, 0.6) is 0 Å². The van der Waals surface area contributed by atoms with Crippen molar-refractivity contribution >= 4 is 45.2 Å². The van der Waals surface area contributed by atoms with Crippen LogP contribution in [0.25, 0.3) is 0 Å². The second-order valence-corrected chi connectivity index (χ2v) is 11.8. The van der Waals surface area contributed by atoms with Crippen LogP contribution in [0.3, 0.4) is 0 Å². The van der Waals surface area contributed by atoms with Crippen molar-refractivity contribution in [3.63, 3.8) is 0 Å². The molecular formula is C23H28N2O8S2. The summed E-state index contributed by atoms with van der Waals surface area (Å²) < 4.78 is 5.24. The van der Waals surface area contributed by atoms with E-state index in [0.717, 1.165) is 29.7 Å². The molecule has 0 aromatic heterocycles. The molecule has 2 amide bonds. The molecule has 190 valence electrons. The van der Waals surface area contributed by atoms with E-state index in [1.165, 1.54) is 38.6 Å². The van der Waals surface area contributed by atoms with Gasteiger partial charge in [-0.05, 0) is 42.5 Å². The number of anilines is 1. The Bertz CT molecular complexity index is 1040. The number of benzene rings is 1. The molecule has 1 aromatic rings. The summed E-state index contributed by atoms with van der Waals surface area (Å²) in [6.07, 6.45) is 0.521. The molecule has 1 aromatic carbocycles. The number of amides is 2. The van der Waals surface area contributed by atoms with Gasteiger partial charge in [0.05, 0.1) is 35.3 Å². The summed E-state index contributed by atoms with van der Waals surface area (Å²) in [6.45, 7) is 3.36. The van der Waals surface area contributed by atoms with E-state index in [1.807, 2.05) is 0 Å². The Balaban J connectivity index is 1.64. The number of hydrogen-bond acceptors (Lipinski definition) is 9. The normalized spacial score (nSPS) is 22.8. The number of nitrogens with zero attached hydrogens (tertiary/aromatic N) is 2. The molecule has 2 fully saturated rings. The molecule has 0 radical (unpaired) electrons. The van der Waals surface area contributed by atoms with Gasteiger partial charge in [-0.15, -0.1) is 0 Å². The largest absolute Gasteiger partial charge is 0.481 e. The number of carboxylic acid groups (broad SMARTS) is 1. The second kappa shape index (κ2) is 10.4. The van der Waals surface area contributed by atoms with E-state index in [9.17, 15) is 29.7 Å². The molecule has 2 aliphatic heterocycles. The zero-order chi connectivity index (χ0) is 25.3. The molecule has 3 aliphatic rings. The number of aliphatic hydroxyl groups is 3. The van der Waals surface area contributed by atoms with Gasteiger partial charge in [0.15, 0.2) is 6.23 Å². The van der Waals surface area contributed by atoms with Crippen LogP contribution >= 0.6 is 21.6 Å². The number of fused-ring (bicyclic) bond motifs is 2. The first kappa shape index (κ1) is 25.8. The Morgan fingerprint density at radius 2 is 1.89 bits per heavy atom. The average molecular weight is 525 g/mol. The van der Waals surface area contributed by atoms with Crippen molar-refractivity contribution in [2.75, 3.05) is 23.8 Å². The number of hydrogen-bond donors (Lipinski definition) is 4. The van der Waals surface area contributed by atoms with Crippen molar-refractivity contribution in [2.24, 2.45) is 0 Å². The maximum absolute atomic E-state index is 13.4. The Kier molecular flexibility index (Phi) is 7.67. The fourth-order valence-corrected chi connectivity index (χ4v) is 7.47. The van der Waals surface area contributed by atoms with E-state index in [-0.39, 0.29) is 30.2 Å². The van der Waals surface area contributed by atoms with Crippen LogP contribution in [0.1, 0.15) is 47.2 Å². The second-order valence-electron chi connectivity index (χ2n) is 9.02. The highest BCUT2D eigenvalue weighted by molar-refractivity contribution is 8.77. The monoisotopic (exact) mass is 524 g/mol. The summed E-state index contributed by atoms with van der Waals surface area (Å²) in [5.41, 5.74) is 1.63. The minimum absolute atomic E-state index is 0.0261. The van der Waals surface area contributed by atoms with E-state index < -0.39 is 48.2 Å². The van der Waals surface area contributed by atoms with Gasteiger partial charge >= 0.3 is 12.1 Å². The van der Waals surface area contributed by atoms with Crippen LogP contribution in [-0.2, 0) is 22.7 Å². The van der Waals surface area contributed by atoms with Crippen LogP contribution < -0.4 is 4.90 Å². The standard InChI is InChI=1S/C23H28N2O8S2/c1-13-5-18-21(31)25(22(32)33-12-23(3-2-4-23)35-34-11-19(28)29)17-7-15(10-27)14(9-26)6-16(17)20(30)24(18)8-13/h6-7,18,21,26-27,31H,1-5,8-12H2,(H,28,29)/t18-,21?/m0/s1. The number of carbonyl (C=O) groups excluding carboxylic acids is 2. The number of rotatable bonds is 8. The fraction of sp³-hybridized carbons (Fsp3) is 0.522. The van der Waals surface area contributed by atoms with Crippen LogP contribution in [0, 0.1) is 0 Å². The lowest BCUT2D eigenvalue weighted by Crippen LogP contribution is -2.51. The van der Waals surface area contributed by atoms with E-state index in [0.29, 0.717) is 17.5 Å². The Morgan fingerprint density at radius 1 is 1.20 bits per heavy atom. The van der Waals surface area contributed by atoms with Crippen LogP contribution in [0.2, 0.25) is 0 Å². The maximum Gasteiger partial charge on any atom is 0.416 e. The van der Waals surface area contributed by atoms with Crippen molar-refractivity contribution in [2.45, 2.75) is 55.9 Å². The first-order valence-corrected chi connectivity index (χ1v) is 13.5. The summed E-state index contributed by atoms with van der Waals surface area (Å²) in [6, 6.07) is 2.14. The third-order valence-corrected chi connectivity index (χ3v) is 9.78. The highest BCUT2D eigenvalue weighted by Crippen LogP contribution is 2.50. The van der Waals surface area contributed by atoms with E-state index in [2.05, 4.69) is 6.58 Å². The molecule has 2 atom stereocenters. The van der Waals surface area contributed by atoms with Gasteiger partial charge in [-0.1, -0.05) is 40.2 Å². The molecule has 1 aliphatic carbocycles. The molecule has 35 heavy (non-hydrogen) atoms. The van der Waals surface area contributed by atoms with Gasteiger partial charge < -0.3 is 30.1 Å². The number of carbonyl (C=O) groups is 3. The molecule has 4 N–H and O–H groups in total. The number of ether oxygens (including phenoxy) is 1. The first-order valence-electron chi connectivity index (χ1n) is 11.2. The lowest BCUT2D eigenvalue weighted by Gasteiger charge is -2.40. The van der Waals surface area contributed by atoms with Crippen molar-refractivity contribution < 1.29 is 39.5 Å². The summed E-state index contributed by atoms with van der Waals surface area (Å²) in [5.74, 6) is -1.40. The van der Waals surface area contributed by atoms with Gasteiger partial charge in [-0.2, -0.15) is 0 Å². The number of carboxylic acids is 1. The van der Waals surface area contributed by atoms with Gasteiger partial charge in [0.2, 0.25) is 0 Å². The van der Waals surface area contributed by atoms with E-state index in [4.69, 9.17) is 9.84 Å². The number of aliphatic hydroxyl groups excluding tert-OH is 3. The van der Waals surface area contributed by atoms with E-state index >= 15 is 0 Å². The van der Waals surface area contributed by atoms with Gasteiger partial charge in [0.1, 0.15) is 12.4 Å². The Labute approximate surface area is 210 Å². The smallest absolute Gasteiger partial charge is 0.416 e. The predicted molar refractivity (Wildman–Crippen MR) is 131 cm³/mol. The molecule has 1 saturated carbocycles. The summed E-state index contributed by atoms with van der Waals surface area (Å²) in [7, 11) is 2.58. The van der Waals surface area contributed by atoms with Crippen molar-refractivity contribution in [1.82, 2.24) is 4.90 Å². The average Bonchev–Trinajstić information content (AvgIpc) is 3.17. The Morgan fingerprint density at radius 3 is 2.49 bits per heavy atom. The lowest BCUT2D eigenvalue weighted by atomic mass is 9.85. The molecular weight excluding hydrogens is 496 g/mol. The van der Waals surface area contributed by atoms with Crippen LogP contribution in [0.15, 0.2) is 24.3 Å². The minimum atomic E-state index is -1.41. The molecule has 0 spiro atoms. The third-order valence-electron chi connectivity index (χ3n) is 6.65. The molecule has 4 rings (SSSR count). The van der Waals surface area contributed by atoms with Crippen molar-refractivity contribution in [3.05, 3.63) is 41.0 Å². The molecule has 12 heteroatoms. The fourth-order valence-electron chi connectivity index (χ4n) is 4.62. The zero-order valence-electron chi connectivity index (χ0n) is 19.0. The van der Waals surface area contributed by atoms with Gasteiger partial charge in [-0.25, -0.2) is 9.69 Å². The molecule has 2 heterocycles. The van der Waals surface area contributed by atoms with Crippen LogP contribution in [-0.4, -0.2) is 79.2 Å². The summed E-state index contributed by atoms with van der Waals surface area (Å²) in [4.78, 5) is 40.1. The van der Waals surface area contributed by atoms with Crippen molar-refractivity contribution in [3.8, 4) is 0 Å². The highest BCUT2D eigenvalue weighted by atomic mass is 33.1. The van der Waals surface area contributed by atoms with Gasteiger partial charge in [0, 0.05) is 6.54 Å². The molecule has 10 nitrogen and oxygen atoms in total.